The monoisotopic (exact) mass is 326 g/mol. The molecule has 0 saturated heterocycles. The van der Waals surface area contributed by atoms with Gasteiger partial charge in [0.25, 0.3) is 10.1 Å². The molecule has 2 unspecified atom stereocenters. The predicted octanol–water partition coefficient (Wildman–Crippen LogP) is 4.07. The Morgan fingerprint density at radius 1 is 0.957 bits per heavy atom. The molecule has 3 nitrogen and oxygen atoms in total. The van der Waals surface area contributed by atoms with Gasteiger partial charge in [-0.25, -0.2) is 0 Å². The smallest absolute Gasteiger partial charge is 0.282 e. The molecule has 0 radical (unpaired) electrons. The lowest BCUT2D eigenvalue weighted by atomic mass is 9.67. The van der Waals surface area contributed by atoms with Crippen LogP contribution in [0.2, 0.25) is 0 Å². The Morgan fingerprint density at radius 2 is 1.52 bits per heavy atom. The third kappa shape index (κ3) is 3.00. The van der Waals surface area contributed by atoms with Crippen LogP contribution in [0.15, 0.2) is 83.8 Å². The SMILES string of the molecule is CC1(c2ccccc2)C=CC(S(=O)(=O)O)=CC1c1ccccc1. The van der Waals surface area contributed by atoms with Gasteiger partial charge in [0, 0.05) is 11.3 Å². The zero-order valence-corrected chi connectivity index (χ0v) is 13.6. The maximum absolute atomic E-state index is 11.5. The molecule has 0 spiro atoms. The summed E-state index contributed by atoms with van der Waals surface area (Å²) in [5.74, 6) is -0.187. The molecule has 0 saturated carbocycles. The zero-order chi connectivity index (χ0) is 16.5. The van der Waals surface area contributed by atoms with Crippen molar-refractivity contribution in [2.24, 2.45) is 0 Å². The number of hydrogen-bond acceptors (Lipinski definition) is 2. The average molecular weight is 326 g/mol. The van der Waals surface area contributed by atoms with Crippen molar-refractivity contribution in [2.75, 3.05) is 0 Å². The van der Waals surface area contributed by atoms with Crippen LogP contribution in [0.4, 0.5) is 0 Å². The van der Waals surface area contributed by atoms with E-state index in [1.807, 2.05) is 66.7 Å². The molecule has 0 bridgehead atoms. The van der Waals surface area contributed by atoms with Crippen molar-refractivity contribution in [3.8, 4) is 0 Å². The van der Waals surface area contributed by atoms with E-state index in [1.54, 1.807) is 6.08 Å². The van der Waals surface area contributed by atoms with E-state index in [9.17, 15) is 13.0 Å². The normalized spacial score (nSPS) is 24.3. The first-order chi connectivity index (χ1) is 10.9. The van der Waals surface area contributed by atoms with E-state index in [1.165, 1.54) is 6.08 Å². The molecule has 3 rings (SSSR count). The van der Waals surface area contributed by atoms with Gasteiger partial charge in [-0.2, -0.15) is 8.42 Å². The van der Waals surface area contributed by atoms with Crippen LogP contribution in [0.1, 0.15) is 24.0 Å². The summed E-state index contributed by atoms with van der Waals surface area (Å²) in [6.07, 6.45) is 4.99. The van der Waals surface area contributed by atoms with E-state index >= 15 is 0 Å². The van der Waals surface area contributed by atoms with Crippen molar-refractivity contribution in [2.45, 2.75) is 18.3 Å². The Kier molecular flexibility index (Phi) is 3.96. The highest BCUT2D eigenvalue weighted by Gasteiger charge is 2.37. The topological polar surface area (TPSA) is 54.4 Å². The third-order valence-corrected chi connectivity index (χ3v) is 5.29. The quantitative estimate of drug-likeness (QED) is 0.865. The maximum atomic E-state index is 11.5. The second kappa shape index (κ2) is 5.80. The van der Waals surface area contributed by atoms with Gasteiger partial charge < -0.3 is 0 Å². The molecule has 0 aromatic heterocycles. The number of rotatable bonds is 3. The van der Waals surface area contributed by atoms with Crippen molar-refractivity contribution in [3.05, 3.63) is 94.9 Å². The number of allylic oxidation sites excluding steroid dienone is 3. The first-order valence-electron chi connectivity index (χ1n) is 7.40. The Bertz CT molecular complexity index is 852. The summed E-state index contributed by atoms with van der Waals surface area (Å²) in [5, 5.41) is 0. The molecule has 2 atom stereocenters. The molecule has 1 aliphatic rings. The average Bonchev–Trinajstić information content (AvgIpc) is 2.56. The van der Waals surface area contributed by atoms with E-state index in [0.29, 0.717) is 0 Å². The van der Waals surface area contributed by atoms with Crippen LogP contribution in [0.3, 0.4) is 0 Å². The van der Waals surface area contributed by atoms with Crippen LogP contribution in [-0.4, -0.2) is 13.0 Å². The summed E-state index contributed by atoms with van der Waals surface area (Å²) in [4.78, 5) is -0.0558. The fraction of sp³-hybridized carbons (Fsp3) is 0.158. The minimum absolute atomic E-state index is 0.0558. The van der Waals surface area contributed by atoms with Gasteiger partial charge in [0.15, 0.2) is 0 Å². The maximum Gasteiger partial charge on any atom is 0.294 e. The summed E-state index contributed by atoms with van der Waals surface area (Å²) in [6.45, 7) is 2.08. The van der Waals surface area contributed by atoms with Gasteiger partial charge in [0.2, 0.25) is 0 Å². The van der Waals surface area contributed by atoms with E-state index < -0.39 is 15.5 Å². The molecular formula is C19H18O3S. The molecule has 0 aliphatic heterocycles. The molecule has 4 heteroatoms. The molecule has 0 heterocycles. The lowest BCUT2D eigenvalue weighted by Crippen LogP contribution is -2.30. The summed E-state index contributed by atoms with van der Waals surface area (Å²) in [6, 6.07) is 19.7. The fourth-order valence-electron chi connectivity index (χ4n) is 3.10. The number of hydrogen-bond donors (Lipinski definition) is 1. The van der Waals surface area contributed by atoms with E-state index in [-0.39, 0.29) is 10.8 Å². The molecular weight excluding hydrogens is 308 g/mol. The molecule has 1 N–H and O–H groups in total. The summed E-state index contributed by atoms with van der Waals surface area (Å²) >= 11 is 0. The van der Waals surface area contributed by atoms with Gasteiger partial charge in [-0.1, -0.05) is 79.7 Å². The van der Waals surface area contributed by atoms with Crippen molar-refractivity contribution in [1.82, 2.24) is 0 Å². The van der Waals surface area contributed by atoms with Gasteiger partial charge >= 0.3 is 0 Å². The third-order valence-electron chi connectivity index (χ3n) is 4.42. The van der Waals surface area contributed by atoms with Gasteiger partial charge in [-0.05, 0) is 17.2 Å². The highest BCUT2D eigenvalue weighted by atomic mass is 32.2. The lowest BCUT2D eigenvalue weighted by Gasteiger charge is -2.37. The Labute approximate surface area is 136 Å². The molecule has 0 amide bonds. The molecule has 2 aromatic rings. The van der Waals surface area contributed by atoms with E-state index in [4.69, 9.17) is 0 Å². The molecule has 0 fully saturated rings. The van der Waals surface area contributed by atoms with Crippen molar-refractivity contribution < 1.29 is 13.0 Å². The second-order valence-corrected chi connectivity index (χ2v) is 7.34. The van der Waals surface area contributed by atoms with Crippen molar-refractivity contribution >= 4 is 10.1 Å². The largest absolute Gasteiger partial charge is 0.294 e. The van der Waals surface area contributed by atoms with Crippen LogP contribution < -0.4 is 0 Å². The van der Waals surface area contributed by atoms with Gasteiger partial charge in [0.1, 0.15) is 0 Å². The fourth-order valence-corrected chi connectivity index (χ4v) is 3.65. The summed E-state index contributed by atoms with van der Waals surface area (Å²) in [7, 11) is -4.22. The van der Waals surface area contributed by atoms with Crippen molar-refractivity contribution in [1.29, 1.82) is 0 Å². The van der Waals surface area contributed by atoms with Crippen LogP contribution in [0.25, 0.3) is 0 Å². The minimum atomic E-state index is -4.22. The second-order valence-electron chi connectivity index (χ2n) is 5.91. The summed E-state index contributed by atoms with van der Waals surface area (Å²) < 4.78 is 32.5. The summed E-state index contributed by atoms with van der Waals surface area (Å²) in [5.41, 5.74) is 1.71. The van der Waals surface area contributed by atoms with Gasteiger partial charge in [-0.15, -0.1) is 0 Å². The molecule has 2 aromatic carbocycles. The predicted molar refractivity (Wildman–Crippen MR) is 91.7 cm³/mol. The first kappa shape index (κ1) is 15.7. The highest BCUT2D eigenvalue weighted by Crippen LogP contribution is 2.44. The van der Waals surface area contributed by atoms with Crippen LogP contribution in [0, 0.1) is 0 Å². The van der Waals surface area contributed by atoms with E-state index in [0.717, 1.165) is 11.1 Å². The molecule has 1 aliphatic carbocycles. The van der Waals surface area contributed by atoms with E-state index in [2.05, 4.69) is 6.92 Å². The highest BCUT2D eigenvalue weighted by molar-refractivity contribution is 7.90. The minimum Gasteiger partial charge on any atom is -0.282 e. The first-order valence-corrected chi connectivity index (χ1v) is 8.84. The number of benzene rings is 2. The Morgan fingerprint density at radius 3 is 2.09 bits per heavy atom. The standard InChI is InChI=1S/C19H18O3S/c1-19(16-10-6-3-7-11-16)13-12-17(23(20,21)22)14-18(19)15-8-4-2-5-9-15/h2-14,18H,1H3,(H,20,21,22). The van der Waals surface area contributed by atoms with Crippen LogP contribution in [-0.2, 0) is 15.5 Å². The van der Waals surface area contributed by atoms with Crippen LogP contribution >= 0.6 is 0 Å². The molecule has 23 heavy (non-hydrogen) atoms. The molecule has 118 valence electrons. The van der Waals surface area contributed by atoms with Gasteiger partial charge in [0.05, 0.1) is 4.91 Å². The van der Waals surface area contributed by atoms with Gasteiger partial charge in [-0.3, -0.25) is 4.55 Å². The Hall–Kier alpha value is -2.17. The Balaban J connectivity index is 2.18. The lowest BCUT2D eigenvalue weighted by molar-refractivity contribution is 0.487. The van der Waals surface area contributed by atoms with Crippen LogP contribution in [0.5, 0.6) is 0 Å². The van der Waals surface area contributed by atoms with Crippen molar-refractivity contribution in [3.63, 3.8) is 0 Å². The zero-order valence-electron chi connectivity index (χ0n) is 12.8.